The topological polar surface area (TPSA) is 72.9 Å². The average Bonchev–Trinajstić information content (AvgIpc) is 3.32. The highest BCUT2D eigenvalue weighted by Gasteiger charge is 2.58. The molecule has 6 nitrogen and oxygen atoms in total. The first-order valence-electron chi connectivity index (χ1n) is 10.7. The molecule has 1 aromatic carbocycles. The van der Waals surface area contributed by atoms with Crippen LogP contribution in [0.2, 0.25) is 0 Å². The van der Waals surface area contributed by atoms with Crippen LogP contribution in [0, 0.1) is 11.8 Å². The minimum atomic E-state index is -0.648. The summed E-state index contributed by atoms with van der Waals surface area (Å²) in [7, 11) is 0. The van der Waals surface area contributed by atoms with E-state index >= 15 is 0 Å². The van der Waals surface area contributed by atoms with Gasteiger partial charge in [-0.05, 0) is 44.1 Å². The molecule has 5 rings (SSSR count). The Morgan fingerprint density at radius 1 is 1.20 bits per heavy atom. The number of ketones is 1. The number of hydrogen-bond donors (Lipinski definition) is 0. The molecule has 1 spiro atoms. The van der Waals surface area contributed by atoms with E-state index in [1.54, 1.807) is 13.0 Å². The Labute approximate surface area is 175 Å². The number of carbonyl (C=O) groups excluding carboxylic acids is 3. The third-order valence-electron chi connectivity index (χ3n) is 6.93. The summed E-state index contributed by atoms with van der Waals surface area (Å²) in [5.41, 5.74) is 1.14. The van der Waals surface area contributed by atoms with Crippen molar-refractivity contribution in [1.82, 2.24) is 4.90 Å². The number of allylic oxidation sites excluding steroid dienone is 2. The Kier molecular flexibility index (Phi) is 4.53. The zero-order chi connectivity index (χ0) is 20.9. The van der Waals surface area contributed by atoms with Gasteiger partial charge in [0.1, 0.15) is 12.2 Å². The minimum absolute atomic E-state index is 0.0111. The van der Waals surface area contributed by atoms with Crippen LogP contribution in [-0.2, 0) is 30.5 Å². The van der Waals surface area contributed by atoms with Gasteiger partial charge in [0, 0.05) is 18.0 Å². The van der Waals surface area contributed by atoms with Gasteiger partial charge in [-0.25, -0.2) is 4.79 Å². The van der Waals surface area contributed by atoms with E-state index in [0.29, 0.717) is 11.5 Å². The first-order chi connectivity index (χ1) is 14.5. The van der Waals surface area contributed by atoms with Crippen LogP contribution >= 0.6 is 0 Å². The molecular formula is C24H25NO5. The smallest absolute Gasteiger partial charge is 0.341 e. The summed E-state index contributed by atoms with van der Waals surface area (Å²) in [5, 5.41) is 0. The van der Waals surface area contributed by atoms with Gasteiger partial charge in [-0.1, -0.05) is 36.4 Å². The lowest BCUT2D eigenvalue weighted by molar-refractivity contribution is -0.142. The molecule has 0 radical (unpaired) electrons. The zero-order valence-electron chi connectivity index (χ0n) is 17.1. The van der Waals surface area contributed by atoms with Gasteiger partial charge < -0.3 is 14.4 Å². The predicted molar refractivity (Wildman–Crippen MR) is 108 cm³/mol. The Hall–Kier alpha value is -2.89. The molecule has 1 aromatic rings. The fourth-order valence-electron chi connectivity index (χ4n) is 5.65. The summed E-state index contributed by atoms with van der Waals surface area (Å²) >= 11 is 0. The van der Waals surface area contributed by atoms with Crippen molar-refractivity contribution >= 4 is 17.7 Å². The van der Waals surface area contributed by atoms with Gasteiger partial charge in [-0.2, -0.15) is 0 Å². The molecule has 30 heavy (non-hydrogen) atoms. The van der Waals surface area contributed by atoms with Crippen molar-refractivity contribution in [3.05, 3.63) is 58.9 Å². The quantitative estimate of drug-likeness (QED) is 0.554. The summed E-state index contributed by atoms with van der Waals surface area (Å²) in [6.45, 7) is 2.81. The van der Waals surface area contributed by atoms with E-state index in [-0.39, 0.29) is 41.9 Å². The number of ether oxygens (including phenoxy) is 2. The Bertz CT molecular complexity index is 979. The molecule has 4 aliphatic rings. The number of Topliss-reactive ketones (excluding diaryl/α,β-unsaturated/α-hetero) is 1. The Balaban J connectivity index is 1.53. The van der Waals surface area contributed by atoms with Crippen LogP contribution in [0.3, 0.4) is 0 Å². The van der Waals surface area contributed by atoms with Gasteiger partial charge >= 0.3 is 5.97 Å². The number of benzene rings is 1. The summed E-state index contributed by atoms with van der Waals surface area (Å²) in [6.07, 6.45) is 5.53. The number of fused-ring (bicyclic) bond motifs is 2. The van der Waals surface area contributed by atoms with Crippen molar-refractivity contribution in [2.45, 2.75) is 44.8 Å². The fourth-order valence-corrected chi connectivity index (χ4v) is 5.65. The molecule has 2 bridgehead atoms. The van der Waals surface area contributed by atoms with E-state index in [1.165, 1.54) is 0 Å². The largest absolute Gasteiger partial charge is 0.484 e. The maximum absolute atomic E-state index is 13.5. The van der Waals surface area contributed by atoms with Crippen LogP contribution < -0.4 is 0 Å². The Morgan fingerprint density at radius 3 is 2.73 bits per heavy atom. The molecule has 1 amide bonds. The summed E-state index contributed by atoms with van der Waals surface area (Å²) < 4.78 is 11.1. The first kappa shape index (κ1) is 19.1. The average molecular weight is 407 g/mol. The van der Waals surface area contributed by atoms with Crippen LogP contribution in [0.25, 0.3) is 0 Å². The lowest BCUT2D eigenvalue weighted by Crippen LogP contribution is -2.55. The third-order valence-corrected chi connectivity index (χ3v) is 6.93. The van der Waals surface area contributed by atoms with Crippen molar-refractivity contribution in [1.29, 1.82) is 0 Å². The molecular weight excluding hydrogens is 382 g/mol. The van der Waals surface area contributed by atoms with Gasteiger partial charge in [-0.15, -0.1) is 0 Å². The summed E-state index contributed by atoms with van der Waals surface area (Å²) in [6, 6.07) is 9.48. The molecule has 2 aliphatic heterocycles. The van der Waals surface area contributed by atoms with E-state index in [1.807, 2.05) is 35.2 Å². The van der Waals surface area contributed by atoms with Crippen molar-refractivity contribution in [3.8, 4) is 0 Å². The highest BCUT2D eigenvalue weighted by atomic mass is 16.5. The van der Waals surface area contributed by atoms with Crippen LogP contribution in [-0.4, -0.2) is 41.3 Å². The van der Waals surface area contributed by atoms with Gasteiger partial charge in [0.15, 0.2) is 5.76 Å². The molecule has 2 heterocycles. The molecule has 156 valence electrons. The molecule has 1 unspecified atom stereocenters. The van der Waals surface area contributed by atoms with Gasteiger partial charge in [-0.3, -0.25) is 9.59 Å². The van der Waals surface area contributed by atoms with E-state index in [9.17, 15) is 14.4 Å². The molecule has 0 N–H and O–H groups in total. The predicted octanol–water partition coefficient (Wildman–Crippen LogP) is 2.93. The SMILES string of the molecule is CCOC(=O)C1=CC2C[C@@]34CC[C@@H](CN3C(=O)C2=C(OCc2ccccc2)C1=O)C4. The minimum Gasteiger partial charge on any atom is -0.484 e. The summed E-state index contributed by atoms with van der Waals surface area (Å²) in [5.74, 6) is -1.06. The number of nitrogens with zero attached hydrogens (tertiary/aromatic N) is 1. The third kappa shape index (κ3) is 2.89. The molecule has 1 saturated carbocycles. The van der Waals surface area contributed by atoms with Crippen molar-refractivity contribution < 1.29 is 23.9 Å². The molecule has 0 aromatic heterocycles. The normalized spacial score (nSPS) is 29.5. The van der Waals surface area contributed by atoms with E-state index in [2.05, 4.69) is 0 Å². The van der Waals surface area contributed by atoms with Gasteiger partial charge in [0.2, 0.25) is 5.78 Å². The molecule has 3 atom stereocenters. The van der Waals surface area contributed by atoms with E-state index < -0.39 is 11.8 Å². The van der Waals surface area contributed by atoms with Crippen LogP contribution in [0.15, 0.2) is 53.3 Å². The number of carbonyl (C=O) groups is 3. The number of hydrogen-bond acceptors (Lipinski definition) is 5. The van der Waals surface area contributed by atoms with Crippen molar-refractivity contribution in [3.63, 3.8) is 0 Å². The second-order valence-corrected chi connectivity index (χ2v) is 8.71. The van der Waals surface area contributed by atoms with Crippen molar-refractivity contribution in [2.24, 2.45) is 11.8 Å². The van der Waals surface area contributed by atoms with Crippen LogP contribution in [0.4, 0.5) is 0 Å². The molecule has 2 saturated heterocycles. The first-order valence-corrected chi connectivity index (χ1v) is 10.7. The van der Waals surface area contributed by atoms with Crippen LogP contribution in [0.5, 0.6) is 0 Å². The van der Waals surface area contributed by atoms with Crippen molar-refractivity contribution in [2.75, 3.05) is 13.2 Å². The van der Waals surface area contributed by atoms with Gasteiger partial charge in [0.25, 0.3) is 5.91 Å². The maximum Gasteiger partial charge on any atom is 0.341 e. The fraction of sp³-hybridized carbons (Fsp3) is 0.458. The molecule has 6 heteroatoms. The second-order valence-electron chi connectivity index (χ2n) is 8.71. The van der Waals surface area contributed by atoms with E-state index in [4.69, 9.17) is 9.47 Å². The highest BCUT2D eigenvalue weighted by molar-refractivity contribution is 6.26. The number of amides is 1. The highest BCUT2D eigenvalue weighted by Crippen LogP contribution is 2.55. The standard InChI is InChI=1S/C24H25NO5/c1-2-29-23(28)18-10-17-12-24-9-8-16(11-24)13-25(24)22(27)19(17)21(20(18)26)30-14-15-6-4-3-5-7-15/h3-7,10,16-17H,2,8-9,11-14H2,1H3/t16-,17?,24+/m1/s1. The van der Waals surface area contributed by atoms with Crippen LogP contribution in [0.1, 0.15) is 38.2 Å². The van der Waals surface area contributed by atoms with E-state index in [0.717, 1.165) is 37.8 Å². The molecule has 2 aliphatic carbocycles. The number of piperidine rings is 2. The molecule has 3 fully saturated rings. The Morgan fingerprint density at radius 2 is 2.00 bits per heavy atom. The van der Waals surface area contributed by atoms with Gasteiger partial charge in [0.05, 0.1) is 12.2 Å². The number of esters is 1. The number of rotatable bonds is 5. The zero-order valence-corrected chi connectivity index (χ0v) is 17.1. The summed E-state index contributed by atoms with van der Waals surface area (Å²) in [4.78, 5) is 41.1. The monoisotopic (exact) mass is 407 g/mol. The lowest BCUT2D eigenvalue weighted by Gasteiger charge is -2.47. The second kappa shape index (κ2) is 7.11. The lowest BCUT2D eigenvalue weighted by atomic mass is 9.73. The maximum atomic E-state index is 13.5.